The predicted molar refractivity (Wildman–Crippen MR) is 168 cm³/mol. The van der Waals surface area contributed by atoms with Gasteiger partial charge in [-0.1, -0.05) is 41.9 Å². The molecule has 5 aromatic rings. The molecule has 1 aromatic heterocycles. The number of amides is 2. The van der Waals surface area contributed by atoms with Gasteiger partial charge in [-0.15, -0.1) is 0 Å². The minimum atomic E-state index is -0.457. The molecule has 0 bridgehead atoms. The maximum Gasteiger partial charge on any atom is 0.344 e. The number of methoxy groups -OCH3 is 1. The Morgan fingerprint density at radius 2 is 1.63 bits per heavy atom. The first-order chi connectivity index (χ1) is 20.9. The van der Waals surface area contributed by atoms with Crippen molar-refractivity contribution in [3.8, 4) is 16.9 Å². The van der Waals surface area contributed by atoms with Crippen molar-refractivity contribution >= 4 is 45.8 Å². The summed E-state index contributed by atoms with van der Waals surface area (Å²) in [7, 11) is 1.54. The Hall–Kier alpha value is -5.08. The number of carbonyl (C=O) groups excluding carboxylic acids is 2. The molecule has 0 saturated carbocycles. The van der Waals surface area contributed by atoms with E-state index in [9.17, 15) is 14.4 Å². The fourth-order valence-electron chi connectivity index (χ4n) is 5.24. The van der Waals surface area contributed by atoms with Gasteiger partial charge < -0.3 is 24.3 Å². The zero-order valence-corrected chi connectivity index (χ0v) is 24.1. The summed E-state index contributed by atoms with van der Waals surface area (Å²) in [5.74, 6) is 0.103. The van der Waals surface area contributed by atoms with Crippen LogP contribution in [0.5, 0.6) is 5.75 Å². The van der Waals surface area contributed by atoms with Crippen molar-refractivity contribution in [3.63, 3.8) is 0 Å². The van der Waals surface area contributed by atoms with Crippen molar-refractivity contribution in [2.24, 2.45) is 0 Å². The number of fused-ring (bicyclic) bond motifs is 1. The molecule has 9 heteroatoms. The lowest BCUT2D eigenvalue weighted by Crippen LogP contribution is -2.48. The number of ether oxygens (including phenoxy) is 1. The van der Waals surface area contributed by atoms with Crippen molar-refractivity contribution in [1.29, 1.82) is 0 Å². The van der Waals surface area contributed by atoms with Gasteiger partial charge in [0.2, 0.25) is 0 Å². The number of hydrogen-bond donors (Lipinski definition) is 1. The smallest absolute Gasteiger partial charge is 0.344 e. The van der Waals surface area contributed by atoms with E-state index in [0.717, 1.165) is 11.1 Å². The average Bonchev–Trinajstić information content (AvgIpc) is 3.04. The largest absolute Gasteiger partial charge is 0.496 e. The number of piperazine rings is 1. The lowest BCUT2D eigenvalue weighted by Gasteiger charge is -2.36. The van der Waals surface area contributed by atoms with Crippen LogP contribution in [0.1, 0.15) is 20.7 Å². The summed E-state index contributed by atoms with van der Waals surface area (Å²) >= 11 is 6.12. The Bertz CT molecular complexity index is 1880. The number of hydrogen-bond acceptors (Lipinski definition) is 6. The quantitative estimate of drug-likeness (QED) is 0.231. The average molecular weight is 594 g/mol. The zero-order valence-electron chi connectivity index (χ0n) is 23.4. The van der Waals surface area contributed by atoms with Crippen LogP contribution in [0.2, 0.25) is 5.02 Å². The Kier molecular flexibility index (Phi) is 7.85. The van der Waals surface area contributed by atoms with E-state index >= 15 is 0 Å². The summed E-state index contributed by atoms with van der Waals surface area (Å²) in [6.07, 6.45) is 0. The minimum Gasteiger partial charge on any atom is -0.496 e. The number of benzene rings is 4. The molecule has 4 aromatic carbocycles. The molecular weight excluding hydrogens is 566 g/mol. The van der Waals surface area contributed by atoms with Crippen LogP contribution in [-0.2, 0) is 0 Å². The van der Waals surface area contributed by atoms with Gasteiger partial charge in [0.05, 0.1) is 18.2 Å². The van der Waals surface area contributed by atoms with Gasteiger partial charge in [0.15, 0.2) is 0 Å². The highest BCUT2D eigenvalue weighted by Gasteiger charge is 2.25. The molecule has 216 valence electrons. The monoisotopic (exact) mass is 593 g/mol. The highest BCUT2D eigenvalue weighted by atomic mass is 35.5. The van der Waals surface area contributed by atoms with Gasteiger partial charge in [-0.25, -0.2) is 4.79 Å². The molecule has 0 unspecified atom stereocenters. The Balaban J connectivity index is 1.09. The Morgan fingerprint density at radius 3 is 2.40 bits per heavy atom. The molecule has 1 fully saturated rings. The maximum atomic E-state index is 13.1. The second-order valence-electron chi connectivity index (χ2n) is 10.2. The van der Waals surface area contributed by atoms with Crippen molar-refractivity contribution in [2.45, 2.75) is 0 Å². The molecule has 0 radical (unpaired) electrons. The number of carbonyl (C=O) groups is 2. The summed E-state index contributed by atoms with van der Waals surface area (Å²) in [4.78, 5) is 42.8. The molecule has 0 spiro atoms. The Labute approximate surface area is 253 Å². The van der Waals surface area contributed by atoms with E-state index in [1.54, 1.807) is 59.5 Å². The van der Waals surface area contributed by atoms with Gasteiger partial charge in [-0.3, -0.25) is 9.59 Å². The molecule has 2 amide bonds. The van der Waals surface area contributed by atoms with Crippen LogP contribution in [0.3, 0.4) is 0 Å². The molecule has 2 heterocycles. The fourth-order valence-corrected chi connectivity index (χ4v) is 5.41. The molecule has 1 saturated heterocycles. The molecule has 0 atom stereocenters. The zero-order chi connectivity index (χ0) is 29.9. The molecule has 1 aliphatic heterocycles. The third kappa shape index (κ3) is 5.96. The van der Waals surface area contributed by atoms with Gasteiger partial charge in [0.1, 0.15) is 11.3 Å². The van der Waals surface area contributed by atoms with E-state index in [2.05, 4.69) is 10.2 Å². The second-order valence-corrected chi connectivity index (χ2v) is 10.6. The first kappa shape index (κ1) is 28.1. The first-order valence-electron chi connectivity index (χ1n) is 13.8. The lowest BCUT2D eigenvalue weighted by atomic mass is 10.0. The molecule has 43 heavy (non-hydrogen) atoms. The molecule has 6 rings (SSSR count). The molecule has 1 aliphatic rings. The minimum absolute atomic E-state index is 0.109. The van der Waals surface area contributed by atoms with Gasteiger partial charge in [-0.2, -0.15) is 0 Å². The van der Waals surface area contributed by atoms with Gasteiger partial charge in [0, 0.05) is 53.5 Å². The highest BCUT2D eigenvalue weighted by molar-refractivity contribution is 6.31. The topological polar surface area (TPSA) is 92.1 Å². The third-order valence-electron chi connectivity index (χ3n) is 7.53. The van der Waals surface area contributed by atoms with Crippen LogP contribution >= 0.6 is 11.6 Å². The summed E-state index contributed by atoms with van der Waals surface area (Å²) in [5, 5.41) is 4.23. The fraction of sp³-hybridized carbons (Fsp3) is 0.147. The van der Waals surface area contributed by atoms with E-state index in [1.165, 1.54) is 7.11 Å². The van der Waals surface area contributed by atoms with Crippen molar-refractivity contribution in [1.82, 2.24) is 4.90 Å². The summed E-state index contributed by atoms with van der Waals surface area (Å²) < 4.78 is 10.8. The summed E-state index contributed by atoms with van der Waals surface area (Å²) in [6.45, 7) is 2.43. The highest BCUT2D eigenvalue weighted by Crippen LogP contribution is 2.26. The van der Waals surface area contributed by atoms with E-state index in [0.29, 0.717) is 70.5 Å². The maximum absolute atomic E-state index is 13.1. The number of anilines is 2. The normalized spacial score (nSPS) is 13.2. The van der Waals surface area contributed by atoms with Crippen molar-refractivity contribution in [3.05, 3.63) is 124 Å². The molecule has 8 nitrogen and oxygen atoms in total. The van der Waals surface area contributed by atoms with Gasteiger partial charge in [0.25, 0.3) is 11.8 Å². The van der Waals surface area contributed by atoms with Crippen LogP contribution in [-0.4, -0.2) is 50.0 Å². The van der Waals surface area contributed by atoms with E-state index in [1.807, 2.05) is 42.5 Å². The van der Waals surface area contributed by atoms with Crippen LogP contribution < -0.4 is 20.6 Å². The van der Waals surface area contributed by atoms with Crippen LogP contribution in [0, 0.1) is 0 Å². The van der Waals surface area contributed by atoms with Gasteiger partial charge >= 0.3 is 5.63 Å². The van der Waals surface area contributed by atoms with E-state index in [-0.39, 0.29) is 11.8 Å². The lowest BCUT2D eigenvalue weighted by molar-refractivity contribution is 0.0743. The number of halogens is 1. The number of rotatable bonds is 6. The molecule has 0 aliphatic carbocycles. The number of para-hydroxylation sites is 1. The summed E-state index contributed by atoms with van der Waals surface area (Å²) in [5.41, 5.74) is 3.58. The van der Waals surface area contributed by atoms with E-state index in [4.69, 9.17) is 20.8 Å². The van der Waals surface area contributed by atoms with Crippen LogP contribution in [0.15, 0.2) is 106 Å². The summed E-state index contributed by atoms with van der Waals surface area (Å²) in [6, 6.07) is 28.6. The second kappa shape index (κ2) is 12.0. The number of nitrogens with zero attached hydrogens (tertiary/aromatic N) is 2. The SMILES string of the molecule is COc1ccc(Cl)cc1C(=O)N1CCN(c2ccc(NC(=O)c3cccc(-c4cc5ccccc5oc4=O)c3)cc2)CC1. The number of nitrogens with one attached hydrogen (secondary N) is 1. The molecular formula is C34H28ClN3O5. The predicted octanol–water partition coefficient (Wildman–Crippen LogP) is 6.34. The standard InChI is InChI=1S/C34H28ClN3O5/c1-42-31-14-9-25(35)21-29(31)33(40)38-17-15-37(16-18-38)27-12-10-26(11-13-27)36-32(39)24-7-4-6-22(19-24)28-20-23-5-2-3-8-30(23)43-34(28)41/h2-14,19-21H,15-18H2,1H3,(H,36,39). The van der Waals surface area contributed by atoms with Gasteiger partial charge in [-0.05, 0) is 72.3 Å². The van der Waals surface area contributed by atoms with Crippen molar-refractivity contribution < 1.29 is 18.7 Å². The first-order valence-corrected chi connectivity index (χ1v) is 14.2. The molecule has 1 N–H and O–H groups in total. The van der Waals surface area contributed by atoms with E-state index < -0.39 is 5.63 Å². The van der Waals surface area contributed by atoms with Crippen LogP contribution in [0.25, 0.3) is 22.1 Å². The van der Waals surface area contributed by atoms with Crippen LogP contribution in [0.4, 0.5) is 11.4 Å². The third-order valence-corrected chi connectivity index (χ3v) is 7.76. The van der Waals surface area contributed by atoms with Crippen molar-refractivity contribution in [2.75, 3.05) is 43.5 Å². The Morgan fingerprint density at radius 1 is 0.860 bits per heavy atom.